The van der Waals surface area contributed by atoms with Crippen LogP contribution in [0.4, 0.5) is 5.82 Å². The summed E-state index contributed by atoms with van der Waals surface area (Å²) < 4.78 is 4.53. The average Bonchev–Trinajstić information content (AvgIpc) is 2.65. The lowest BCUT2D eigenvalue weighted by atomic mass is 9.89. The number of pyridine rings is 1. The van der Waals surface area contributed by atoms with Crippen molar-refractivity contribution in [3.8, 4) is 0 Å². The van der Waals surface area contributed by atoms with Gasteiger partial charge in [0.1, 0.15) is 12.4 Å². The van der Waals surface area contributed by atoms with Crippen molar-refractivity contribution in [1.29, 1.82) is 0 Å². The van der Waals surface area contributed by atoms with E-state index in [0.29, 0.717) is 16.1 Å². The second-order valence-corrected chi connectivity index (χ2v) is 5.88. The second-order valence-electron chi connectivity index (χ2n) is 5.44. The zero-order valence-corrected chi connectivity index (χ0v) is 14.5. The highest BCUT2D eigenvalue weighted by Gasteiger charge is 2.39. The summed E-state index contributed by atoms with van der Waals surface area (Å²) in [6.45, 7) is -0.213. The third kappa shape index (κ3) is 3.34. The minimum absolute atomic E-state index is 0.172. The van der Waals surface area contributed by atoms with Crippen LogP contribution in [0, 0.1) is 0 Å². The van der Waals surface area contributed by atoms with Gasteiger partial charge in [-0.3, -0.25) is 19.4 Å². The van der Waals surface area contributed by atoms with Gasteiger partial charge >= 0.3 is 5.97 Å². The number of hydrogen-bond donors (Lipinski definition) is 0. The van der Waals surface area contributed by atoms with E-state index in [4.69, 9.17) is 11.6 Å². The summed E-state index contributed by atoms with van der Waals surface area (Å²) in [5, 5.41) is 0.391. The molecule has 0 radical (unpaired) electrons. The van der Waals surface area contributed by atoms with Crippen LogP contribution in [0.5, 0.6) is 0 Å². The number of rotatable bonds is 4. The highest BCUT2D eigenvalue weighted by molar-refractivity contribution is 6.31. The summed E-state index contributed by atoms with van der Waals surface area (Å²) in [7, 11) is 1.26. The SMILES string of the molecule is COC(=O)CN=CC1C(=O)N(c2ccc(Cl)cn2)C(=O)c2ccccc21. The van der Waals surface area contributed by atoms with Crippen LogP contribution in [0.1, 0.15) is 21.8 Å². The van der Waals surface area contributed by atoms with Crippen molar-refractivity contribution in [2.45, 2.75) is 5.92 Å². The first kappa shape index (κ1) is 17.8. The highest BCUT2D eigenvalue weighted by atomic mass is 35.5. The van der Waals surface area contributed by atoms with Crippen LogP contribution in [-0.2, 0) is 14.3 Å². The number of halogens is 1. The molecule has 2 amide bonds. The van der Waals surface area contributed by atoms with E-state index < -0.39 is 23.7 Å². The number of hydrogen-bond acceptors (Lipinski definition) is 6. The molecule has 0 bridgehead atoms. The van der Waals surface area contributed by atoms with Crippen LogP contribution in [0.25, 0.3) is 0 Å². The molecule has 1 unspecified atom stereocenters. The minimum atomic E-state index is -0.814. The molecule has 1 aliphatic heterocycles. The van der Waals surface area contributed by atoms with Crippen LogP contribution in [-0.4, -0.2) is 42.6 Å². The van der Waals surface area contributed by atoms with E-state index in [1.54, 1.807) is 30.3 Å². The molecule has 0 fully saturated rings. The van der Waals surface area contributed by atoms with Gasteiger partial charge in [0.2, 0.25) is 5.91 Å². The molecule has 2 heterocycles. The smallest absolute Gasteiger partial charge is 0.327 e. The quantitative estimate of drug-likeness (QED) is 0.467. The van der Waals surface area contributed by atoms with Gasteiger partial charge in [0, 0.05) is 18.0 Å². The van der Waals surface area contributed by atoms with Gasteiger partial charge in [-0.15, -0.1) is 0 Å². The number of esters is 1. The van der Waals surface area contributed by atoms with E-state index in [1.165, 1.54) is 25.6 Å². The maximum Gasteiger partial charge on any atom is 0.327 e. The van der Waals surface area contributed by atoms with Crippen molar-refractivity contribution in [2.75, 3.05) is 18.6 Å². The first-order valence-electron chi connectivity index (χ1n) is 7.68. The number of nitrogens with zero attached hydrogens (tertiary/aromatic N) is 3. The number of ether oxygens (including phenoxy) is 1. The summed E-state index contributed by atoms with van der Waals surface area (Å²) in [4.78, 5) is 46.0. The Kier molecular flexibility index (Phi) is 5.09. The molecule has 1 aromatic heterocycles. The minimum Gasteiger partial charge on any atom is -0.468 e. The van der Waals surface area contributed by atoms with Crippen molar-refractivity contribution in [1.82, 2.24) is 4.98 Å². The number of aliphatic imine (C=N–C) groups is 1. The predicted octanol–water partition coefficient (Wildman–Crippen LogP) is 2.25. The molecule has 1 aliphatic rings. The van der Waals surface area contributed by atoms with E-state index in [2.05, 4.69) is 14.7 Å². The number of imide groups is 1. The van der Waals surface area contributed by atoms with Gasteiger partial charge < -0.3 is 4.74 Å². The average molecular weight is 372 g/mol. The number of carbonyl (C=O) groups is 3. The summed E-state index contributed by atoms with van der Waals surface area (Å²) in [5.74, 6) is -2.14. The standard InChI is InChI=1S/C18H14ClN3O4/c1-26-16(23)10-20-9-14-12-4-2-3-5-13(12)17(24)22(18(14)25)15-7-6-11(19)8-21-15/h2-9,14H,10H2,1H3. The highest BCUT2D eigenvalue weighted by Crippen LogP contribution is 2.31. The first-order valence-corrected chi connectivity index (χ1v) is 8.06. The van der Waals surface area contributed by atoms with Crippen molar-refractivity contribution in [3.63, 3.8) is 0 Å². The van der Waals surface area contributed by atoms with Crippen LogP contribution >= 0.6 is 11.6 Å². The van der Waals surface area contributed by atoms with Gasteiger partial charge in [-0.1, -0.05) is 29.8 Å². The van der Waals surface area contributed by atoms with Crippen LogP contribution in [0.3, 0.4) is 0 Å². The van der Waals surface area contributed by atoms with E-state index >= 15 is 0 Å². The monoisotopic (exact) mass is 371 g/mol. The topological polar surface area (TPSA) is 88.9 Å². The number of methoxy groups -OCH3 is 1. The Hall–Kier alpha value is -3.06. The summed E-state index contributed by atoms with van der Waals surface area (Å²) in [6.07, 6.45) is 2.71. The summed E-state index contributed by atoms with van der Waals surface area (Å²) in [6, 6.07) is 9.81. The zero-order valence-electron chi connectivity index (χ0n) is 13.8. The molecule has 0 spiro atoms. The molecule has 0 saturated heterocycles. The number of benzene rings is 1. The predicted molar refractivity (Wildman–Crippen MR) is 95.6 cm³/mol. The van der Waals surface area contributed by atoms with Crippen molar-refractivity contribution in [3.05, 3.63) is 58.7 Å². The van der Waals surface area contributed by atoms with E-state index in [1.807, 2.05) is 0 Å². The Morgan fingerprint density at radius 1 is 1.31 bits per heavy atom. The molecule has 1 atom stereocenters. The number of fused-ring (bicyclic) bond motifs is 1. The number of anilines is 1. The Balaban J connectivity index is 2.02. The molecular formula is C18H14ClN3O4. The van der Waals surface area contributed by atoms with Crippen molar-refractivity contribution < 1.29 is 19.1 Å². The second kappa shape index (κ2) is 7.45. The molecule has 1 aromatic carbocycles. The zero-order chi connectivity index (χ0) is 18.7. The fourth-order valence-electron chi connectivity index (χ4n) is 2.61. The van der Waals surface area contributed by atoms with Crippen LogP contribution < -0.4 is 4.90 Å². The fraction of sp³-hybridized carbons (Fsp3) is 0.167. The van der Waals surface area contributed by atoms with Crippen LogP contribution in [0.15, 0.2) is 47.6 Å². The maximum absolute atomic E-state index is 13.0. The molecule has 0 N–H and O–H groups in total. The third-order valence-corrected chi connectivity index (χ3v) is 4.08. The van der Waals surface area contributed by atoms with Gasteiger partial charge in [-0.2, -0.15) is 0 Å². The molecule has 26 heavy (non-hydrogen) atoms. The molecule has 8 heteroatoms. The summed E-state index contributed by atoms with van der Waals surface area (Å²) in [5.41, 5.74) is 0.902. The van der Waals surface area contributed by atoms with Gasteiger partial charge in [0.25, 0.3) is 5.91 Å². The Bertz CT molecular complexity index is 896. The van der Waals surface area contributed by atoms with Gasteiger partial charge in [-0.25, -0.2) is 9.88 Å². The molecule has 0 saturated carbocycles. The molecule has 132 valence electrons. The Labute approximate surface area is 154 Å². The van der Waals surface area contributed by atoms with Gasteiger partial charge in [-0.05, 0) is 23.8 Å². The Morgan fingerprint density at radius 2 is 2.08 bits per heavy atom. The first-order chi connectivity index (χ1) is 12.5. The van der Waals surface area contributed by atoms with Gasteiger partial charge in [0.15, 0.2) is 0 Å². The molecular weight excluding hydrogens is 358 g/mol. The molecule has 7 nitrogen and oxygen atoms in total. The fourth-order valence-corrected chi connectivity index (χ4v) is 2.73. The lowest BCUT2D eigenvalue weighted by molar-refractivity contribution is -0.138. The summed E-state index contributed by atoms with van der Waals surface area (Å²) >= 11 is 5.83. The largest absolute Gasteiger partial charge is 0.468 e. The third-order valence-electron chi connectivity index (χ3n) is 3.86. The maximum atomic E-state index is 13.0. The normalized spacial score (nSPS) is 16.7. The molecule has 3 rings (SSSR count). The van der Waals surface area contributed by atoms with E-state index in [0.717, 1.165) is 4.90 Å². The van der Waals surface area contributed by atoms with Crippen LogP contribution in [0.2, 0.25) is 5.02 Å². The lowest BCUT2D eigenvalue weighted by Crippen LogP contribution is -2.46. The lowest BCUT2D eigenvalue weighted by Gasteiger charge is -2.30. The van der Waals surface area contributed by atoms with Crippen molar-refractivity contribution in [2.24, 2.45) is 4.99 Å². The number of amides is 2. The van der Waals surface area contributed by atoms with E-state index in [9.17, 15) is 14.4 Å². The van der Waals surface area contributed by atoms with Gasteiger partial charge in [0.05, 0.1) is 18.1 Å². The number of aromatic nitrogens is 1. The Morgan fingerprint density at radius 3 is 2.77 bits per heavy atom. The van der Waals surface area contributed by atoms with E-state index in [-0.39, 0.29) is 12.4 Å². The van der Waals surface area contributed by atoms with Crippen molar-refractivity contribution >= 4 is 41.4 Å². The number of carbonyl (C=O) groups excluding carboxylic acids is 3. The molecule has 2 aromatic rings. The molecule has 0 aliphatic carbocycles.